The number of nitrogens with two attached hydrogens (primary N) is 1. The zero-order chi connectivity index (χ0) is 15.5. The van der Waals surface area contributed by atoms with E-state index in [0.29, 0.717) is 23.8 Å². The Bertz CT molecular complexity index is 365. The van der Waals surface area contributed by atoms with Crippen LogP contribution >= 0.6 is 0 Å². The predicted molar refractivity (Wildman–Crippen MR) is 89.4 cm³/mol. The van der Waals surface area contributed by atoms with Crippen LogP contribution in [-0.4, -0.2) is 43.5 Å². The summed E-state index contributed by atoms with van der Waals surface area (Å²) in [5, 5.41) is 3.22. The lowest BCUT2D eigenvalue weighted by Crippen LogP contribution is -2.49. The van der Waals surface area contributed by atoms with Gasteiger partial charge in [-0.15, -0.1) is 0 Å². The summed E-state index contributed by atoms with van der Waals surface area (Å²) in [6.07, 6.45) is 9.55. The van der Waals surface area contributed by atoms with Crippen LogP contribution in [-0.2, 0) is 4.79 Å². The van der Waals surface area contributed by atoms with Gasteiger partial charge in [-0.2, -0.15) is 0 Å². The monoisotopic (exact) mass is 307 g/mol. The van der Waals surface area contributed by atoms with Crippen LogP contribution in [0.5, 0.6) is 0 Å². The minimum absolute atomic E-state index is 0.229. The molecule has 0 aromatic carbocycles. The highest BCUT2D eigenvalue weighted by atomic mass is 16.1. The minimum Gasteiger partial charge on any atom is -0.356 e. The smallest absolute Gasteiger partial charge is 0.223 e. The van der Waals surface area contributed by atoms with Crippen molar-refractivity contribution >= 4 is 5.91 Å². The summed E-state index contributed by atoms with van der Waals surface area (Å²) in [6, 6.07) is 0.358. The molecule has 3 rings (SSSR count). The second-order valence-corrected chi connectivity index (χ2v) is 8.02. The molecule has 1 heterocycles. The van der Waals surface area contributed by atoms with Crippen LogP contribution < -0.4 is 11.1 Å². The molecule has 2 bridgehead atoms. The maximum absolute atomic E-state index is 12.5. The molecule has 4 nitrogen and oxygen atoms in total. The van der Waals surface area contributed by atoms with Gasteiger partial charge in [-0.3, -0.25) is 4.79 Å². The maximum atomic E-state index is 12.5. The van der Waals surface area contributed by atoms with Gasteiger partial charge in [-0.05, 0) is 82.8 Å². The SMILES string of the molecule is CN1CCC(CCNC(=O)C2CC3CCCC(C2)C3N)CC1. The first-order valence-corrected chi connectivity index (χ1v) is 9.35. The lowest BCUT2D eigenvalue weighted by molar-refractivity contribution is -0.127. The summed E-state index contributed by atoms with van der Waals surface area (Å²) < 4.78 is 0. The number of amides is 1. The summed E-state index contributed by atoms with van der Waals surface area (Å²) in [6.45, 7) is 3.29. The van der Waals surface area contributed by atoms with E-state index in [1.54, 1.807) is 0 Å². The Hall–Kier alpha value is -0.610. The number of rotatable bonds is 4. The van der Waals surface area contributed by atoms with Gasteiger partial charge in [-0.25, -0.2) is 0 Å². The van der Waals surface area contributed by atoms with E-state index < -0.39 is 0 Å². The number of hydrogen-bond donors (Lipinski definition) is 2. The Labute approximate surface area is 135 Å². The minimum atomic E-state index is 0.229. The summed E-state index contributed by atoms with van der Waals surface area (Å²) in [4.78, 5) is 14.9. The number of nitrogens with one attached hydrogen (secondary N) is 1. The van der Waals surface area contributed by atoms with Gasteiger partial charge in [0.05, 0.1) is 0 Å². The number of likely N-dealkylation sites (tertiary alicyclic amines) is 1. The van der Waals surface area contributed by atoms with E-state index >= 15 is 0 Å². The molecular formula is C18H33N3O. The highest BCUT2D eigenvalue weighted by Crippen LogP contribution is 2.41. The third-order valence-corrected chi connectivity index (χ3v) is 6.47. The topological polar surface area (TPSA) is 58.4 Å². The highest BCUT2D eigenvalue weighted by molar-refractivity contribution is 5.78. The molecule has 22 heavy (non-hydrogen) atoms. The van der Waals surface area contributed by atoms with Crippen LogP contribution in [0.3, 0.4) is 0 Å². The van der Waals surface area contributed by atoms with E-state index in [0.717, 1.165) is 31.7 Å². The van der Waals surface area contributed by atoms with Gasteiger partial charge in [0.25, 0.3) is 0 Å². The average Bonchev–Trinajstić information content (AvgIpc) is 2.49. The molecule has 2 atom stereocenters. The van der Waals surface area contributed by atoms with E-state index in [9.17, 15) is 4.79 Å². The molecule has 4 heteroatoms. The third kappa shape index (κ3) is 3.83. The van der Waals surface area contributed by atoms with Crippen LogP contribution in [0.4, 0.5) is 0 Å². The molecule has 1 amide bonds. The summed E-state index contributed by atoms with van der Waals surface area (Å²) >= 11 is 0. The Morgan fingerprint density at radius 1 is 1.14 bits per heavy atom. The van der Waals surface area contributed by atoms with Gasteiger partial charge in [0.1, 0.15) is 0 Å². The molecule has 2 aliphatic carbocycles. The normalized spacial score (nSPS) is 37.0. The Morgan fingerprint density at radius 2 is 1.77 bits per heavy atom. The fraction of sp³-hybridized carbons (Fsp3) is 0.944. The zero-order valence-corrected chi connectivity index (χ0v) is 14.1. The van der Waals surface area contributed by atoms with Crippen molar-refractivity contribution in [1.82, 2.24) is 10.2 Å². The van der Waals surface area contributed by atoms with Crippen molar-refractivity contribution in [2.45, 2.75) is 57.4 Å². The molecule has 126 valence electrons. The Morgan fingerprint density at radius 3 is 2.41 bits per heavy atom. The molecule has 2 unspecified atom stereocenters. The quantitative estimate of drug-likeness (QED) is 0.835. The molecule has 0 radical (unpaired) electrons. The number of carbonyl (C=O) groups excluding carboxylic acids is 1. The number of carbonyl (C=O) groups is 1. The number of hydrogen-bond acceptors (Lipinski definition) is 3. The second kappa shape index (κ2) is 7.31. The van der Waals surface area contributed by atoms with Gasteiger partial charge in [0.2, 0.25) is 5.91 Å². The van der Waals surface area contributed by atoms with Crippen molar-refractivity contribution in [3.05, 3.63) is 0 Å². The molecule has 3 aliphatic rings. The van der Waals surface area contributed by atoms with Gasteiger partial charge < -0.3 is 16.0 Å². The molecule has 0 aromatic rings. The number of nitrogens with zero attached hydrogens (tertiary/aromatic N) is 1. The molecule has 0 aromatic heterocycles. The first-order valence-electron chi connectivity index (χ1n) is 9.35. The van der Waals surface area contributed by atoms with E-state index in [1.165, 1.54) is 45.2 Å². The van der Waals surface area contributed by atoms with Crippen molar-refractivity contribution in [1.29, 1.82) is 0 Å². The summed E-state index contributed by atoms with van der Waals surface area (Å²) in [5.74, 6) is 2.52. The first kappa shape index (κ1) is 16.3. The van der Waals surface area contributed by atoms with Crippen molar-refractivity contribution in [3.8, 4) is 0 Å². The van der Waals surface area contributed by atoms with Crippen molar-refractivity contribution in [2.24, 2.45) is 29.4 Å². The lowest BCUT2D eigenvalue weighted by atomic mass is 9.65. The van der Waals surface area contributed by atoms with Gasteiger partial charge in [0.15, 0.2) is 0 Å². The molecule has 2 saturated carbocycles. The molecule has 3 fully saturated rings. The largest absolute Gasteiger partial charge is 0.356 e. The van der Waals surface area contributed by atoms with Gasteiger partial charge >= 0.3 is 0 Å². The molecule has 0 spiro atoms. The molecule has 1 saturated heterocycles. The zero-order valence-electron chi connectivity index (χ0n) is 14.1. The maximum Gasteiger partial charge on any atom is 0.223 e. The van der Waals surface area contributed by atoms with E-state index in [1.807, 2.05) is 0 Å². The lowest BCUT2D eigenvalue weighted by Gasteiger charge is -2.43. The number of fused-ring (bicyclic) bond motifs is 2. The molecule has 3 N–H and O–H groups in total. The Balaban J connectivity index is 1.39. The van der Waals surface area contributed by atoms with E-state index in [-0.39, 0.29) is 5.92 Å². The van der Waals surface area contributed by atoms with Crippen LogP contribution in [0, 0.1) is 23.7 Å². The van der Waals surface area contributed by atoms with Gasteiger partial charge in [0, 0.05) is 18.5 Å². The fourth-order valence-electron chi connectivity index (χ4n) is 4.90. The Kier molecular flexibility index (Phi) is 5.40. The second-order valence-electron chi connectivity index (χ2n) is 8.02. The highest BCUT2D eigenvalue weighted by Gasteiger charge is 2.40. The van der Waals surface area contributed by atoms with E-state index in [2.05, 4.69) is 17.3 Å². The molecular weight excluding hydrogens is 274 g/mol. The predicted octanol–water partition coefficient (Wildman–Crippen LogP) is 1.99. The van der Waals surface area contributed by atoms with Gasteiger partial charge in [-0.1, -0.05) is 6.42 Å². The van der Waals surface area contributed by atoms with Crippen molar-refractivity contribution < 1.29 is 4.79 Å². The molecule has 1 aliphatic heterocycles. The average molecular weight is 307 g/mol. The van der Waals surface area contributed by atoms with E-state index in [4.69, 9.17) is 5.73 Å². The van der Waals surface area contributed by atoms with Crippen LogP contribution in [0.2, 0.25) is 0 Å². The van der Waals surface area contributed by atoms with Crippen LogP contribution in [0.15, 0.2) is 0 Å². The number of piperidine rings is 1. The van der Waals surface area contributed by atoms with Crippen LogP contribution in [0.1, 0.15) is 51.4 Å². The third-order valence-electron chi connectivity index (χ3n) is 6.47. The van der Waals surface area contributed by atoms with Crippen molar-refractivity contribution in [3.63, 3.8) is 0 Å². The standard InChI is InChI=1S/C18H33N3O/c1-21-9-6-13(7-10-21)5-8-20-18(22)16-11-14-3-2-4-15(12-16)17(14)19/h13-17H,2-12,19H2,1H3,(H,20,22). The fourth-order valence-corrected chi connectivity index (χ4v) is 4.90. The van der Waals surface area contributed by atoms with Crippen LogP contribution in [0.25, 0.3) is 0 Å². The summed E-state index contributed by atoms with van der Waals surface area (Å²) in [5.41, 5.74) is 6.32. The summed E-state index contributed by atoms with van der Waals surface area (Å²) in [7, 11) is 2.20. The first-order chi connectivity index (χ1) is 10.6. The van der Waals surface area contributed by atoms with Crippen molar-refractivity contribution in [2.75, 3.05) is 26.7 Å².